The van der Waals surface area contributed by atoms with Crippen LogP contribution < -0.4 is 5.32 Å². The number of thiophene rings is 1. The molecule has 4 heteroatoms. The minimum atomic E-state index is 0.395. The van der Waals surface area contributed by atoms with Crippen LogP contribution in [-0.2, 0) is 20.0 Å². The summed E-state index contributed by atoms with van der Waals surface area (Å²) in [5.41, 5.74) is 3.85. The first-order valence-electron chi connectivity index (χ1n) is 5.97. The van der Waals surface area contributed by atoms with Gasteiger partial charge in [0.05, 0.1) is 5.69 Å². The maximum absolute atomic E-state index is 4.45. The molecule has 2 aromatic rings. The quantitative estimate of drug-likeness (QED) is 0.883. The summed E-state index contributed by atoms with van der Waals surface area (Å²) in [6, 6.07) is 2.57. The molecule has 0 aliphatic heterocycles. The molecule has 2 aromatic heterocycles. The highest BCUT2D eigenvalue weighted by molar-refractivity contribution is 7.07. The maximum Gasteiger partial charge on any atom is 0.0666 e. The van der Waals surface area contributed by atoms with Crippen molar-refractivity contribution in [1.82, 2.24) is 15.1 Å². The molecule has 0 amide bonds. The van der Waals surface area contributed by atoms with Gasteiger partial charge in [-0.05, 0) is 35.7 Å². The van der Waals surface area contributed by atoms with Crippen LogP contribution in [0.15, 0.2) is 23.0 Å². The normalized spacial score (nSPS) is 12.9. The molecule has 1 unspecified atom stereocenters. The Bertz CT molecular complexity index is 459. The van der Waals surface area contributed by atoms with Crippen LogP contribution in [0.25, 0.3) is 0 Å². The van der Waals surface area contributed by atoms with Crippen LogP contribution in [0.4, 0.5) is 0 Å². The van der Waals surface area contributed by atoms with Crippen LogP contribution in [0.1, 0.15) is 36.7 Å². The Kier molecular flexibility index (Phi) is 3.97. The first kappa shape index (κ1) is 12.3. The molecule has 0 fully saturated rings. The van der Waals surface area contributed by atoms with Gasteiger partial charge in [0, 0.05) is 31.4 Å². The number of nitrogens with one attached hydrogen (secondary N) is 1. The van der Waals surface area contributed by atoms with Crippen molar-refractivity contribution in [2.45, 2.75) is 32.9 Å². The summed E-state index contributed by atoms with van der Waals surface area (Å²) in [6.45, 7) is 5.23. The third-order valence-electron chi connectivity index (χ3n) is 2.97. The zero-order chi connectivity index (χ0) is 12.3. The van der Waals surface area contributed by atoms with Crippen LogP contribution in [-0.4, -0.2) is 9.78 Å². The SMILES string of the molecule is CCc1nn(C)cc1CNC(C)c1ccsc1. The number of nitrogens with zero attached hydrogens (tertiary/aromatic N) is 2. The molecular formula is C13H19N3S. The second kappa shape index (κ2) is 5.47. The Morgan fingerprint density at radius 3 is 3.00 bits per heavy atom. The van der Waals surface area contributed by atoms with E-state index in [-0.39, 0.29) is 0 Å². The molecular weight excluding hydrogens is 230 g/mol. The molecule has 0 saturated heterocycles. The van der Waals surface area contributed by atoms with Crippen molar-refractivity contribution in [2.75, 3.05) is 0 Å². The van der Waals surface area contributed by atoms with Crippen molar-refractivity contribution in [3.63, 3.8) is 0 Å². The summed E-state index contributed by atoms with van der Waals surface area (Å²) < 4.78 is 1.89. The summed E-state index contributed by atoms with van der Waals surface area (Å²) >= 11 is 1.74. The van der Waals surface area contributed by atoms with Crippen LogP contribution in [0.2, 0.25) is 0 Å². The number of aryl methyl sites for hydroxylation is 2. The molecule has 0 spiro atoms. The lowest BCUT2D eigenvalue weighted by Crippen LogP contribution is -2.17. The van der Waals surface area contributed by atoms with E-state index in [1.807, 2.05) is 11.7 Å². The Balaban J connectivity index is 1.97. The van der Waals surface area contributed by atoms with Crippen molar-refractivity contribution in [3.8, 4) is 0 Å². The van der Waals surface area contributed by atoms with Gasteiger partial charge in [-0.2, -0.15) is 16.4 Å². The minimum Gasteiger partial charge on any atom is -0.306 e. The van der Waals surface area contributed by atoms with Crippen molar-refractivity contribution in [3.05, 3.63) is 39.8 Å². The van der Waals surface area contributed by atoms with E-state index in [0.29, 0.717) is 6.04 Å². The van der Waals surface area contributed by atoms with Gasteiger partial charge in [-0.25, -0.2) is 0 Å². The second-order valence-corrected chi connectivity index (χ2v) is 5.07. The fraction of sp³-hybridized carbons (Fsp3) is 0.462. The highest BCUT2D eigenvalue weighted by Gasteiger charge is 2.09. The van der Waals surface area contributed by atoms with Gasteiger partial charge in [-0.3, -0.25) is 4.68 Å². The zero-order valence-corrected chi connectivity index (χ0v) is 11.4. The maximum atomic E-state index is 4.45. The van der Waals surface area contributed by atoms with E-state index in [1.165, 1.54) is 16.8 Å². The molecule has 0 bridgehead atoms. The number of hydrogen-bond donors (Lipinski definition) is 1. The fourth-order valence-corrected chi connectivity index (χ4v) is 2.69. The predicted molar refractivity (Wildman–Crippen MR) is 72.2 cm³/mol. The van der Waals surface area contributed by atoms with Gasteiger partial charge in [0.2, 0.25) is 0 Å². The van der Waals surface area contributed by atoms with Crippen LogP contribution in [0, 0.1) is 0 Å². The molecule has 3 nitrogen and oxygen atoms in total. The Morgan fingerprint density at radius 1 is 1.53 bits per heavy atom. The molecule has 0 aliphatic carbocycles. The minimum absolute atomic E-state index is 0.395. The van der Waals surface area contributed by atoms with Gasteiger partial charge in [-0.15, -0.1) is 0 Å². The molecule has 0 saturated carbocycles. The third kappa shape index (κ3) is 2.96. The third-order valence-corrected chi connectivity index (χ3v) is 3.67. The van der Waals surface area contributed by atoms with E-state index in [1.54, 1.807) is 11.3 Å². The number of aromatic nitrogens is 2. The van der Waals surface area contributed by atoms with Gasteiger partial charge >= 0.3 is 0 Å². The van der Waals surface area contributed by atoms with E-state index in [4.69, 9.17) is 0 Å². The fourth-order valence-electron chi connectivity index (χ4n) is 1.93. The average Bonchev–Trinajstić information content (AvgIpc) is 2.94. The van der Waals surface area contributed by atoms with E-state index in [2.05, 4.69) is 47.3 Å². The van der Waals surface area contributed by atoms with Crippen molar-refractivity contribution in [1.29, 1.82) is 0 Å². The highest BCUT2D eigenvalue weighted by Crippen LogP contribution is 2.16. The summed E-state index contributed by atoms with van der Waals surface area (Å²) in [5.74, 6) is 0. The lowest BCUT2D eigenvalue weighted by atomic mass is 10.1. The van der Waals surface area contributed by atoms with Crippen LogP contribution in [0.3, 0.4) is 0 Å². The first-order chi connectivity index (χ1) is 8.20. The molecule has 92 valence electrons. The predicted octanol–water partition coefficient (Wildman–Crippen LogP) is 2.89. The molecule has 2 rings (SSSR count). The van der Waals surface area contributed by atoms with Gasteiger partial charge in [0.25, 0.3) is 0 Å². The largest absolute Gasteiger partial charge is 0.306 e. The van der Waals surface area contributed by atoms with Gasteiger partial charge < -0.3 is 5.32 Å². The lowest BCUT2D eigenvalue weighted by molar-refractivity contribution is 0.574. The molecule has 0 aromatic carbocycles. The Hall–Kier alpha value is -1.13. The van der Waals surface area contributed by atoms with Gasteiger partial charge in [0.15, 0.2) is 0 Å². The summed E-state index contributed by atoms with van der Waals surface area (Å²) in [7, 11) is 1.98. The zero-order valence-electron chi connectivity index (χ0n) is 10.6. The average molecular weight is 249 g/mol. The van der Waals surface area contributed by atoms with Gasteiger partial charge in [0.1, 0.15) is 0 Å². The molecule has 1 N–H and O–H groups in total. The van der Waals surface area contributed by atoms with E-state index in [9.17, 15) is 0 Å². The monoisotopic (exact) mass is 249 g/mol. The van der Waals surface area contributed by atoms with Crippen molar-refractivity contribution < 1.29 is 0 Å². The lowest BCUT2D eigenvalue weighted by Gasteiger charge is -2.12. The highest BCUT2D eigenvalue weighted by atomic mass is 32.1. The van der Waals surface area contributed by atoms with Crippen LogP contribution >= 0.6 is 11.3 Å². The summed E-state index contributed by atoms with van der Waals surface area (Å²) in [5, 5.41) is 12.3. The summed E-state index contributed by atoms with van der Waals surface area (Å²) in [4.78, 5) is 0. The van der Waals surface area contributed by atoms with E-state index >= 15 is 0 Å². The molecule has 17 heavy (non-hydrogen) atoms. The number of hydrogen-bond acceptors (Lipinski definition) is 3. The summed E-state index contributed by atoms with van der Waals surface area (Å²) in [6.07, 6.45) is 3.09. The van der Waals surface area contributed by atoms with E-state index < -0.39 is 0 Å². The smallest absolute Gasteiger partial charge is 0.0666 e. The molecule has 2 heterocycles. The Labute approximate surface area is 106 Å². The topological polar surface area (TPSA) is 29.9 Å². The molecule has 0 radical (unpaired) electrons. The van der Waals surface area contributed by atoms with Crippen molar-refractivity contribution >= 4 is 11.3 Å². The first-order valence-corrected chi connectivity index (χ1v) is 6.92. The number of rotatable bonds is 5. The standard InChI is InChI=1S/C13H19N3S/c1-4-13-12(8-16(3)15-13)7-14-10(2)11-5-6-17-9-11/h5-6,8-10,14H,4,7H2,1-3H3. The van der Waals surface area contributed by atoms with Gasteiger partial charge in [-0.1, -0.05) is 6.92 Å². The van der Waals surface area contributed by atoms with Crippen LogP contribution in [0.5, 0.6) is 0 Å². The second-order valence-electron chi connectivity index (χ2n) is 4.29. The molecule has 1 atom stereocenters. The van der Waals surface area contributed by atoms with Crippen molar-refractivity contribution in [2.24, 2.45) is 7.05 Å². The molecule has 0 aliphatic rings. The van der Waals surface area contributed by atoms with E-state index in [0.717, 1.165) is 13.0 Å². The Morgan fingerprint density at radius 2 is 2.35 bits per heavy atom.